The summed E-state index contributed by atoms with van der Waals surface area (Å²) in [7, 11) is 0. The highest BCUT2D eigenvalue weighted by Gasteiger charge is 2.21. The zero-order valence-corrected chi connectivity index (χ0v) is 19.4. The topological polar surface area (TPSA) is 22.4 Å². The number of hydrogen-bond donors (Lipinski definition) is 0. The van der Waals surface area contributed by atoms with Crippen LogP contribution in [0.1, 0.15) is 0 Å². The average Bonchev–Trinajstić information content (AvgIpc) is 3.54. The van der Waals surface area contributed by atoms with Gasteiger partial charge in [0.1, 0.15) is 22.7 Å². The minimum atomic E-state index is 0.917. The summed E-state index contributed by atoms with van der Waals surface area (Å²) in [6, 6.07) is 38.3. The van der Waals surface area contributed by atoms with Crippen molar-refractivity contribution >= 4 is 44.0 Å². The molecular formula is C32H18O2S. The summed E-state index contributed by atoms with van der Waals surface area (Å²) in [6.45, 7) is 0. The molecule has 0 unspecified atom stereocenters. The molecule has 0 N–H and O–H groups in total. The Hall–Kier alpha value is -4.34. The second-order valence-electron chi connectivity index (χ2n) is 8.91. The van der Waals surface area contributed by atoms with Crippen molar-refractivity contribution in [3.05, 3.63) is 109 Å². The van der Waals surface area contributed by atoms with Gasteiger partial charge in [0.2, 0.25) is 0 Å². The van der Waals surface area contributed by atoms with Gasteiger partial charge in [-0.05, 0) is 76.7 Å². The summed E-state index contributed by atoms with van der Waals surface area (Å²) in [6.07, 6.45) is 0. The van der Waals surface area contributed by atoms with E-state index in [-0.39, 0.29) is 0 Å². The summed E-state index contributed by atoms with van der Waals surface area (Å²) in [5.41, 5.74) is 6.68. The molecule has 5 aromatic carbocycles. The first kappa shape index (κ1) is 19.0. The highest BCUT2D eigenvalue weighted by atomic mass is 32.1. The summed E-state index contributed by atoms with van der Waals surface area (Å²) in [5.74, 6) is 1.84. The molecule has 0 spiro atoms. The van der Waals surface area contributed by atoms with Crippen LogP contribution in [0.3, 0.4) is 0 Å². The molecule has 8 rings (SSSR count). The second kappa shape index (κ2) is 7.08. The lowest BCUT2D eigenvalue weighted by Gasteiger charge is -2.22. The second-order valence-corrected chi connectivity index (χ2v) is 9.99. The van der Waals surface area contributed by atoms with E-state index in [2.05, 4.69) is 84.9 Å². The van der Waals surface area contributed by atoms with Crippen LogP contribution < -0.4 is 4.74 Å². The van der Waals surface area contributed by atoms with E-state index >= 15 is 0 Å². The van der Waals surface area contributed by atoms with Gasteiger partial charge in [0.05, 0.1) is 0 Å². The van der Waals surface area contributed by atoms with Gasteiger partial charge in [0.25, 0.3) is 0 Å². The average molecular weight is 467 g/mol. The number of thiophene rings is 1. The molecule has 0 radical (unpaired) electrons. The molecule has 3 heterocycles. The van der Waals surface area contributed by atoms with Crippen molar-refractivity contribution in [1.29, 1.82) is 0 Å². The van der Waals surface area contributed by atoms with Crippen LogP contribution in [0.2, 0.25) is 0 Å². The highest BCUT2D eigenvalue weighted by molar-refractivity contribution is 7.18. The smallest absolute Gasteiger partial charge is 0.135 e. The van der Waals surface area contributed by atoms with E-state index in [1.54, 1.807) is 0 Å². The molecule has 0 atom stereocenters. The molecule has 0 amide bonds. The number of ether oxygens (including phenoxy) is 1. The third-order valence-electron chi connectivity index (χ3n) is 6.93. The van der Waals surface area contributed by atoms with Crippen molar-refractivity contribution in [2.24, 2.45) is 0 Å². The van der Waals surface area contributed by atoms with E-state index in [1.165, 1.54) is 37.2 Å². The quantitative estimate of drug-likeness (QED) is 0.253. The van der Waals surface area contributed by atoms with E-state index in [0.717, 1.165) is 39.0 Å². The molecule has 35 heavy (non-hydrogen) atoms. The third-order valence-corrected chi connectivity index (χ3v) is 8.10. The van der Waals surface area contributed by atoms with Crippen LogP contribution in [-0.2, 0) is 0 Å². The highest BCUT2D eigenvalue weighted by Crippen LogP contribution is 2.49. The third kappa shape index (κ3) is 2.76. The predicted octanol–water partition coefficient (Wildman–Crippen LogP) is 9.91. The van der Waals surface area contributed by atoms with E-state index in [0.29, 0.717) is 0 Å². The fourth-order valence-electron chi connectivity index (χ4n) is 5.31. The van der Waals surface area contributed by atoms with Gasteiger partial charge in [0, 0.05) is 31.5 Å². The minimum absolute atomic E-state index is 0.917. The van der Waals surface area contributed by atoms with Crippen LogP contribution >= 0.6 is 11.3 Å². The van der Waals surface area contributed by atoms with Gasteiger partial charge >= 0.3 is 0 Å². The lowest BCUT2D eigenvalue weighted by atomic mass is 9.92. The molecule has 7 aromatic rings. The van der Waals surface area contributed by atoms with Crippen LogP contribution in [0.4, 0.5) is 0 Å². The van der Waals surface area contributed by atoms with Gasteiger partial charge in [-0.15, -0.1) is 11.3 Å². The number of furan rings is 1. The van der Waals surface area contributed by atoms with E-state index in [4.69, 9.17) is 9.15 Å². The van der Waals surface area contributed by atoms with Crippen molar-refractivity contribution in [1.82, 2.24) is 0 Å². The van der Waals surface area contributed by atoms with Gasteiger partial charge in [-0.25, -0.2) is 0 Å². The Morgan fingerprint density at radius 1 is 0.486 bits per heavy atom. The van der Waals surface area contributed by atoms with Crippen molar-refractivity contribution in [3.63, 3.8) is 0 Å². The van der Waals surface area contributed by atoms with Crippen molar-refractivity contribution in [3.8, 4) is 43.5 Å². The molecule has 3 heteroatoms. The van der Waals surface area contributed by atoms with Gasteiger partial charge < -0.3 is 9.15 Å². The number of hydrogen-bond acceptors (Lipinski definition) is 3. The molecule has 0 aliphatic carbocycles. The maximum absolute atomic E-state index is 6.28. The van der Waals surface area contributed by atoms with Crippen LogP contribution in [0.25, 0.3) is 64.7 Å². The normalized spacial score (nSPS) is 12.2. The van der Waals surface area contributed by atoms with E-state index < -0.39 is 0 Å². The van der Waals surface area contributed by atoms with Crippen LogP contribution in [0.15, 0.2) is 114 Å². The van der Waals surface area contributed by atoms with Crippen LogP contribution in [0, 0.1) is 0 Å². The fraction of sp³-hybridized carbons (Fsp3) is 0. The van der Waals surface area contributed by atoms with E-state index in [1.807, 2.05) is 35.6 Å². The van der Waals surface area contributed by atoms with Gasteiger partial charge in [0.15, 0.2) is 0 Å². The number of fused-ring (bicyclic) bond motifs is 5. The molecule has 0 bridgehead atoms. The standard InChI is InChI=1S/C32H18O2S/c1-3-10-26-20(6-1)23-8-5-9-24-22(13-15-29(34-26)32(23)24)31-17-16-30(35-31)19-12-14-28-25(18-19)21-7-2-4-11-27(21)33-28/h1-18H. The number of benzene rings is 5. The molecule has 0 saturated heterocycles. The first-order chi connectivity index (χ1) is 17.3. The molecule has 1 aliphatic rings. The summed E-state index contributed by atoms with van der Waals surface area (Å²) in [4.78, 5) is 2.49. The van der Waals surface area contributed by atoms with E-state index in [9.17, 15) is 0 Å². The Balaban J connectivity index is 1.28. The molecule has 2 aromatic heterocycles. The Morgan fingerprint density at radius 3 is 2.29 bits per heavy atom. The van der Waals surface area contributed by atoms with Crippen LogP contribution in [-0.4, -0.2) is 0 Å². The first-order valence-corrected chi connectivity index (χ1v) is 12.5. The molecule has 0 fully saturated rings. The molecule has 1 aliphatic heterocycles. The Morgan fingerprint density at radius 2 is 1.29 bits per heavy atom. The van der Waals surface area contributed by atoms with Gasteiger partial charge in [-0.1, -0.05) is 54.6 Å². The number of rotatable bonds is 2. The van der Waals surface area contributed by atoms with Gasteiger partial charge in [-0.3, -0.25) is 0 Å². The number of para-hydroxylation sites is 2. The zero-order chi connectivity index (χ0) is 22.9. The monoisotopic (exact) mass is 466 g/mol. The lowest BCUT2D eigenvalue weighted by Crippen LogP contribution is -1.97. The molecule has 164 valence electrons. The molecular weight excluding hydrogens is 448 g/mol. The summed E-state index contributed by atoms with van der Waals surface area (Å²) in [5, 5.41) is 4.72. The largest absolute Gasteiger partial charge is 0.456 e. The van der Waals surface area contributed by atoms with Crippen molar-refractivity contribution in [2.45, 2.75) is 0 Å². The van der Waals surface area contributed by atoms with Crippen molar-refractivity contribution < 1.29 is 9.15 Å². The fourth-order valence-corrected chi connectivity index (χ4v) is 6.35. The lowest BCUT2D eigenvalue weighted by molar-refractivity contribution is 0.487. The first-order valence-electron chi connectivity index (χ1n) is 11.7. The maximum Gasteiger partial charge on any atom is 0.135 e. The predicted molar refractivity (Wildman–Crippen MR) is 145 cm³/mol. The maximum atomic E-state index is 6.28. The Labute approximate surface area is 205 Å². The Bertz CT molecular complexity index is 1940. The molecule has 0 saturated carbocycles. The van der Waals surface area contributed by atoms with Crippen molar-refractivity contribution in [2.75, 3.05) is 0 Å². The SMILES string of the molecule is c1ccc2c(c1)Oc1ccc(-c3ccc(-c4ccc5oc6ccccc6c5c4)s3)c3cccc-2c13. The van der Waals surface area contributed by atoms with Crippen LogP contribution in [0.5, 0.6) is 11.5 Å². The summed E-state index contributed by atoms with van der Waals surface area (Å²) < 4.78 is 12.3. The molecule has 2 nitrogen and oxygen atoms in total. The minimum Gasteiger partial charge on any atom is -0.456 e. The van der Waals surface area contributed by atoms with Gasteiger partial charge in [-0.2, -0.15) is 0 Å². The Kier molecular flexibility index (Phi) is 3.85. The summed E-state index contributed by atoms with van der Waals surface area (Å²) >= 11 is 1.82. The zero-order valence-electron chi connectivity index (χ0n) is 18.6.